The molecule has 1 aromatic heterocycles. The van der Waals surface area contributed by atoms with Gasteiger partial charge in [0.05, 0.1) is 0 Å². The Balaban J connectivity index is 1.52. The molecule has 1 atom stereocenters. The fraction of sp³-hybridized carbons (Fsp3) is 0.444. The molecule has 1 aromatic carbocycles. The number of piperidine rings is 1. The highest BCUT2D eigenvalue weighted by Crippen LogP contribution is 2.25. The molecule has 134 valence electrons. The first-order chi connectivity index (χ1) is 12.1. The number of hydrogen-bond donors (Lipinski definition) is 1. The molecule has 2 aromatic rings. The molecule has 1 aliphatic rings. The number of aromatic nitrogens is 2. The third kappa shape index (κ3) is 4.79. The maximum Gasteiger partial charge on any atom is 0.237 e. The molecule has 1 aliphatic heterocycles. The average Bonchev–Trinajstić information content (AvgIpc) is 3.04. The molecular weight excluding hydrogens is 323 g/mol. The average molecular weight is 346 g/mol. The lowest BCUT2D eigenvalue weighted by molar-refractivity contribution is -0.118. The molecule has 2 heterocycles. The minimum Gasteiger partial charge on any atom is -0.492 e. The number of benzene rings is 1. The molecule has 1 saturated heterocycles. The van der Waals surface area contributed by atoms with Gasteiger partial charge in [-0.3, -0.25) is 9.69 Å². The monoisotopic (exact) mass is 346 g/mol. The van der Waals surface area contributed by atoms with Crippen molar-refractivity contribution in [1.29, 1.82) is 0 Å². The van der Waals surface area contributed by atoms with Crippen LogP contribution >= 0.6 is 0 Å². The molecule has 0 saturated carbocycles. The standard InChI is InChI=1S/C18H23FN4O2/c19-15-3-5-16(6-4-15)25-11-10-22-8-1-2-14(12-22)18-21-7-9-23(18)13-17(20)24/h3-7,9,14H,1-2,8,10-13H2,(H2,20,24). The lowest BCUT2D eigenvalue weighted by Gasteiger charge is -2.32. The summed E-state index contributed by atoms with van der Waals surface area (Å²) in [6.07, 6.45) is 5.64. The molecular formula is C18H23FN4O2. The van der Waals surface area contributed by atoms with Crippen molar-refractivity contribution in [3.8, 4) is 5.75 Å². The van der Waals surface area contributed by atoms with Gasteiger partial charge in [-0.1, -0.05) is 0 Å². The summed E-state index contributed by atoms with van der Waals surface area (Å²) in [5.74, 6) is 1.25. The molecule has 1 amide bonds. The van der Waals surface area contributed by atoms with Crippen molar-refractivity contribution in [3.63, 3.8) is 0 Å². The van der Waals surface area contributed by atoms with Crippen molar-refractivity contribution in [2.45, 2.75) is 25.3 Å². The van der Waals surface area contributed by atoms with E-state index < -0.39 is 0 Å². The van der Waals surface area contributed by atoms with Gasteiger partial charge in [0.25, 0.3) is 0 Å². The van der Waals surface area contributed by atoms with Crippen molar-refractivity contribution in [2.75, 3.05) is 26.2 Å². The van der Waals surface area contributed by atoms with Gasteiger partial charge >= 0.3 is 0 Å². The van der Waals surface area contributed by atoms with Crippen LogP contribution in [-0.4, -0.2) is 46.6 Å². The van der Waals surface area contributed by atoms with E-state index in [1.54, 1.807) is 24.5 Å². The molecule has 25 heavy (non-hydrogen) atoms. The number of likely N-dealkylation sites (tertiary alicyclic amines) is 1. The van der Waals surface area contributed by atoms with E-state index >= 15 is 0 Å². The Bertz CT molecular complexity index is 701. The molecule has 0 spiro atoms. The number of rotatable bonds is 7. The van der Waals surface area contributed by atoms with E-state index in [0.29, 0.717) is 12.4 Å². The Hall–Kier alpha value is -2.41. The van der Waals surface area contributed by atoms with Crippen LogP contribution < -0.4 is 10.5 Å². The topological polar surface area (TPSA) is 73.4 Å². The van der Waals surface area contributed by atoms with E-state index in [1.165, 1.54) is 12.1 Å². The molecule has 1 unspecified atom stereocenters. The third-order valence-electron chi connectivity index (χ3n) is 4.43. The van der Waals surface area contributed by atoms with Crippen molar-refractivity contribution < 1.29 is 13.9 Å². The first-order valence-corrected chi connectivity index (χ1v) is 8.52. The summed E-state index contributed by atoms with van der Waals surface area (Å²) >= 11 is 0. The lowest BCUT2D eigenvalue weighted by Crippen LogP contribution is -2.38. The van der Waals surface area contributed by atoms with Crippen LogP contribution in [0.3, 0.4) is 0 Å². The summed E-state index contributed by atoms with van der Waals surface area (Å²) in [7, 11) is 0. The fourth-order valence-electron chi connectivity index (χ4n) is 3.28. The fourth-order valence-corrected chi connectivity index (χ4v) is 3.28. The Kier molecular flexibility index (Phi) is 5.65. The van der Waals surface area contributed by atoms with Gasteiger partial charge in [-0.25, -0.2) is 9.37 Å². The molecule has 7 heteroatoms. The predicted molar refractivity (Wildman–Crippen MR) is 91.7 cm³/mol. The number of carbonyl (C=O) groups excluding carboxylic acids is 1. The number of amides is 1. The normalized spacial score (nSPS) is 18.2. The summed E-state index contributed by atoms with van der Waals surface area (Å²) in [5, 5.41) is 0. The Morgan fingerprint density at radius 1 is 1.36 bits per heavy atom. The van der Waals surface area contributed by atoms with E-state index in [2.05, 4.69) is 9.88 Å². The lowest BCUT2D eigenvalue weighted by atomic mass is 9.97. The summed E-state index contributed by atoms with van der Waals surface area (Å²) in [4.78, 5) is 17.9. The second kappa shape index (κ2) is 8.11. The van der Waals surface area contributed by atoms with Crippen LogP contribution in [0, 0.1) is 5.82 Å². The largest absolute Gasteiger partial charge is 0.492 e. The highest BCUT2D eigenvalue weighted by molar-refractivity contribution is 5.73. The first kappa shape index (κ1) is 17.4. The van der Waals surface area contributed by atoms with Gasteiger partial charge in [-0.15, -0.1) is 0 Å². The van der Waals surface area contributed by atoms with E-state index in [1.807, 2.05) is 4.57 Å². The summed E-state index contributed by atoms with van der Waals surface area (Å²) in [5.41, 5.74) is 5.30. The molecule has 2 N–H and O–H groups in total. The molecule has 0 bridgehead atoms. The van der Waals surface area contributed by atoms with E-state index in [9.17, 15) is 9.18 Å². The number of imidazole rings is 1. The smallest absolute Gasteiger partial charge is 0.237 e. The van der Waals surface area contributed by atoms with Crippen LogP contribution in [0.1, 0.15) is 24.6 Å². The van der Waals surface area contributed by atoms with Gasteiger partial charge in [0, 0.05) is 31.4 Å². The van der Waals surface area contributed by atoms with Gasteiger partial charge in [-0.05, 0) is 43.7 Å². The van der Waals surface area contributed by atoms with Crippen LogP contribution in [0.25, 0.3) is 0 Å². The number of nitrogens with two attached hydrogens (primary N) is 1. The van der Waals surface area contributed by atoms with Gasteiger partial charge in [0.1, 0.15) is 30.5 Å². The SMILES string of the molecule is NC(=O)Cn1ccnc1C1CCCN(CCOc2ccc(F)cc2)C1. The Morgan fingerprint density at radius 2 is 2.16 bits per heavy atom. The van der Waals surface area contributed by atoms with Gasteiger partial charge in [0.15, 0.2) is 0 Å². The highest BCUT2D eigenvalue weighted by Gasteiger charge is 2.24. The molecule has 1 fully saturated rings. The molecule has 0 aliphatic carbocycles. The number of primary amides is 1. The zero-order chi connectivity index (χ0) is 17.6. The number of halogens is 1. The number of ether oxygens (including phenoxy) is 1. The van der Waals surface area contributed by atoms with Crippen molar-refractivity contribution >= 4 is 5.91 Å². The Morgan fingerprint density at radius 3 is 2.92 bits per heavy atom. The molecule has 3 rings (SSSR count). The maximum absolute atomic E-state index is 12.9. The van der Waals surface area contributed by atoms with Crippen LogP contribution in [0.2, 0.25) is 0 Å². The number of carbonyl (C=O) groups is 1. The summed E-state index contributed by atoms with van der Waals surface area (Å²) in [6.45, 7) is 3.40. The van der Waals surface area contributed by atoms with E-state index in [4.69, 9.17) is 10.5 Å². The van der Waals surface area contributed by atoms with Crippen molar-refractivity contribution in [2.24, 2.45) is 5.73 Å². The van der Waals surface area contributed by atoms with Crippen LogP contribution in [0.15, 0.2) is 36.7 Å². The zero-order valence-electron chi connectivity index (χ0n) is 14.1. The molecule has 6 nitrogen and oxygen atoms in total. The maximum atomic E-state index is 12.9. The van der Waals surface area contributed by atoms with Gasteiger partial charge in [-0.2, -0.15) is 0 Å². The minimum atomic E-state index is -0.361. The zero-order valence-corrected chi connectivity index (χ0v) is 14.1. The van der Waals surface area contributed by atoms with Crippen molar-refractivity contribution in [1.82, 2.24) is 14.5 Å². The van der Waals surface area contributed by atoms with E-state index in [-0.39, 0.29) is 24.2 Å². The third-order valence-corrected chi connectivity index (χ3v) is 4.43. The van der Waals surface area contributed by atoms with Crippen LogP contribution in [-0.2, 0) is 11.3 Å². The second-order valence-corrected chi connectivity index (χ2v) is 6.32. The van der Waals surface area contributed by atoms with Gasteiger partial charge in [0.2, 0.25) is 5.91 Å². The number of nitrogens with zero attached hydrogens (tertiary/aromatic N) is 3. The van der Waals surface area contributed by atoms with Crippen LogP contribution in [0.5, 0.6) is 5.75 Å². The van der Waals surface area contributed by atoms with Crippen LogP contribution in [0.4, 0.5) is 4.39 Å². The van der Waals surface area contributed by atoms with Gasteiger partial charge < -0.3 is 15.0 Å². The summed E-state index contributed by atoms with van der Waals surface area (Å²) in [6, 6.07) is 6.06. The minimum absolute atomic E-state index is 0.166. The number of hydrogen-bond acceptors (Lipinski definition) is 4. The Labute approximate surface area is 146 Å². The quantitative estimate of drug-likeness (QED) is 0.829. The summed E-state index contributed by atoms with van der Waals surface area (Å²) < 4.78 is 20.4. The molecule has 0 radical (unpaired) electrons. The first-order valence-electron chi connectivity index (χ1n) is 8.52. The second-order valence-electron chi connectivity index (χ2n) is 6.32. The van der Waals surface area contributed by atoms with E-state index in [0.717, 1.165) is 38.3 Å². The predicted octanol–water partition coefficient (Wildman–Crippen LogP) is 1.77. The highest BCUT2D eigenvalue weighted by atomic mass is 19.1. The van der Waals surface area contributed by atoms with Crippen molar-refractivity contribution in [3.05, 3.63) is 48.3 Å².